The molecule has 3 rings (SSSR count). The molecule has 0 spiro atoms. The van der Waals surface area contributed by atoms with E-state index >= 15 is 0 Å². The van der Waals surface area contributed by atoms with Crippen molar-refractivity contribution in [1.29, 1.82) is 5.26 Å². The average Bonchev–Trinajstić information content (AvgIpc) is 3.09. The summed E-state index contributed by atoms with van der Waals surface area (Å²) >= 11 is 1.52. The Hall–Kier alpha value is -2.32. The molecule has 0 saturated carbocycles. The quantitative estimate of drug-likeness (QED) is 0.931. The number of anilines is 1. The number of nitrogens with one attached hydrogen (secondary N) is 1. The Bertz CT molecular complexity index is 802. The van der Waals surface area contributed by atoms with Crippen LogP contribution in [0, 0.1) is 25.2 Å². The molecule has 1 aromatic heterocycles. The van der Waals surface area contributed by atoms with E-state index in [1.54, 1.807) is 0 Å². The van der Waals surface area contributed by atoms with E-state index in [9.17, 15) is 10.1 Å². The first kappa shape index (κ1) is 15.6. The number of fused-ring (bicyclic) bond motifs is 1. The van der Waals surface area contributed by atoms with Crippen LogP contribution < -0.4 is 10.1 Å². The van der Waals surface area contributed by atoms with Crippen LogP contribution in [0.15, 0.2) is 18.2 Å². The number of rotatable bonds is 4. The normalized spacial score (nSPS) is 12.6. The first-order valence-corrected chi connectivity index (χ1v) is 8.45. The molecule has 1 N–H and O–H groups in total. The maximum Gasteiger partial charge on any atom is 0.262 e. The molecule has 23 heavy (non-hydrogen) atoms. The van der Waals surface area contributed by atoms with Gasteiger partial charge in [-0.3, -0.25) is 4.79 Å². The van der Waals surface area contributed by atoms with Crippen molar-refractivity contribution in [3.8, 4) is 11.8 Å². The minimum Gasteiger partial charge on any atom is -0.483 e. The van der Waals surface area contributed by atoms with Gasteiger partial charge in [0.1, 0.15) is 16.8 Å². The molecule has 1 aliphatic rings. The Morgan fingerprint density at radius 2 is 2.22 bits per heavy atom. The average molecular weight is 326 g/mol. The van der Waals surface area contributed by atoms with Gasteiger partial charge >= 0.3 is 0 Å². The Morgan fingerprint density at radius 1 is 1.39 bits per heavy atom. The summed E-state index contributed by atoms with van der Waals surface area (Å²) in [6, 6.07) is 8.00. The van der Waals surface area contributed by atoms with E-state index in [0.29, 0.717) is 16.3 Å². The molecule has 1 aliphatic carbocycles. The lowest BCUT2D eigenvalue weighted by Gasteiger charge is -2.10. The Morgan fingerprint density at radius 3 is 3.00 bits per heavy atom. The van der Waals surface area contributed by atoms with Crippen molar-refractivity contribution in [2.45, 2.75) is 33.1 Å². The van der Waals surface area contributed by atoms with E-state index in [1.807, 2.05) is 32.0 Å². The summed E-state index contributed by atoms with van der Waals surface area (Å²) in [5, 5.41) is 12.8. The van der Waals surface area contributed by atoms with Gasteiger partial charge in [0, 0.05) is 4.88 Å². The minimum absolute atomic E-state index is 0.0578. The zero-order valence-electron chi connectivity index (χ0n) is 13.2. The van der Waals surface area contributed by atoms with Crippen molar-refractivity contribution in [1.82, 2.24) is 0 Å². The fraction of sp³-hybridized carbons (Fsp3) is 0.333. The molecule has 4 nitrogen and oxygen atoms in total. The van der Waals surface area contributed by atoms with Crippen LogP contribution in [0.3, 0.4) is 0 Å². The summed E-state index contributed by atoms with van der Waals surface area (Å²) in [7, 11) is 0. The van der Waals surface area contributed by atoms with Crippen molar-refractivity contribution in [2.24, 2.45) is 0 Å². The Kier molecular flexibility index (Phi) is 4.35. The van der Waals surface area contributed by atoms with Gasteiger partial charge in [-0.2, -0.15) is 5.26 Å². The van der Waals surface area contributed by atoms with Gasteiger partial charge in [-0.05, 0) is 55.9 Å². The highest BCUT2D eigenvalue weighted by molar-refractivity contribution is 7.16. The Labute approximate surface area is 139 Å². The fourth-order valence-electron chi connectivity index (χ4n) is 2.80. The monoisotopic (exact) mass is 326 g/mol. The molecule has 5 heteroatoms. The van der Waals surface area contributed by atoms with Gasteiger partial charge in [0.2, 0.25) is 0 Å². The lowest BCUT2D eigenvalue weighted by molar-refractivity contribution is -0.118. The number of thiophene rings is 1. The summed E-state index contributed by atoms with van der Waals surface area (Å²) < 4.78 is 5.61. The molecule has 2 aromatic rings. The number of amides is 1. The van der Waals surface area contributed by atoms with Crippen LogP contribution in [0.1, 0.15) is 33.6 Å². The number of hydrogen-bond acceptors (Lipinski definition) is 4. The third-order valence-corrected chi connectivity index (χ3v) is 5.41. The second-order valence-corrected chi connectivity index (χ2v) is 6.81. The standard InChI is InChI=1S/C18H18N2O2S/c1-11-5-3-7-15(12(11)2)22-10-17(21)20-18-14(9-19)13-6-4-8-16(13)23-18/h3,5,7H,4,6,8,10H2,1-2H3,(H,20,21). The van der Waals surface area contributed by atoms with E-state index < -0.39 is 0 Å². The van der Waals surface area contributed by atoms with Crippen molar-refractivity contribution < 1.29 is 9.53 Å². The van der Waals surface area contributed by atoms with Crippen LogP contribution in [-0.4, -0.2) is 12.5 Å². The first-order chi connectivity index (χ1) is 11.1. The summed E-state index contributed by atoms with van der Waals surface area (Å²) in [6.45, 7) is 3.92. The van der Waals surface area contributed by atoms with Crippen LogP contribution in [0.5, 0.6) is 5.75 Å². The van der Waals surface area contributed by atoms with Crippen LogP contribution in [-0.2, 0) is 17.6 Å². The predicted octanol–water partition coefficient (Wildman–Crippen LogP) is 3.74. The number of carbonyl (C=O) groups is 1. The fourth-order valence-corrected chi connectivity index (χ4v) is 4.05. The number of benzene rings is 1. The first-order valence-electron chi connectivity index (χ1n) is 7.63. The van der Waals surface area contributed by atoms with Gasteiger partial charge in [0.25, 0.3) is 5.91 Å². The largest absolute Gasteiger partial charge is 0.483 e. The highest BCUT2D eigenvalue weighted by Gasteiger charge is 2.23. The van der Waals surface area contributed by atoms with Gasteiger partial charge in [-0.25, -0.2) is 0 Å². The number of aryl methyl sites for hydroxylation is 2. The van der Waals surface area contributed by atoms with Gasteiger partial charge < -0.3 is 10.1 Å². The zero-order chi connectivity index (χ0) is 16.4. The molecule has 0 saturated heterocycles. The molecular formula is C18H18N2O2S. The molecule has 0 radical (unpaired) electrons. The molecule has 0 fully saturated rings. The maximum atomic E-state index is 12.1. The number of nitrogens with zero attached hydrogens (tertiary/aromatic N) is 1. The summed E-state index contributed by atoms with van der Waals surface area (Å²) in [4.78, 5) is 13.4. The summed E-state index contributed by atoms with van der Waals surface area (Å²) in [5.41, 5.74) is 3.91. The van der Waals surface area contributed by atoms with Gasteiger partial charge in [-0.1, -0.05) is 12.1 Å². The van der Waals surface area contributed by atoms with Crippen molar-refractivity contribution in [2.75, 3.05) is 11.9 Å². The van der Waals surface area contributed by atoms with E-state index in [1.165, 1.54) is 16.2 Å². The number of nitriles is 1. The third-order valence-electron chi connectivity index (χ3n) is 4.20. The van der Waals surface area contributed by atoms with Gasteiger partial charge in [0.05, 0.1) is 5.56 Å². The maximum absolute atomic E-state index is 12.1. The zero-order valence-corrected chi connectivity index (χ0v) is 14.0. The molecule has 1 amide bonds. The molecule has 1 aromatic carbocycles. The predicted molar refractivity (Wildman–Crippen MR) is 91.1 cm³/mol. The van der Waals surface area contributed by atoms with Crippen LogP contribution in [0.2, 0.25) is 0 Å². The van der Waals surface area contributed by atoms with Crippen LogP contribution >= 0.6 is 11.3 Å². The van der Waals surface area contributed by atoms with Gasteiger partial charge in [-0.15, -0.1) is 11.3 Å². The number of hydrogen-bond donors (Lipinski definition) is 1. The van der Waals surface area contributed by atoms with Crippen molar-refractivity contribution in [3.63, 3.8) is 0 Å². The highest BCUT2D eigenvalue weighted by Crippen LogP contribution is 2.38. The van der Waals surface area contributed by atoms with E-state index in [0.717, 1.165) is 36.0 Å². The smallest absolute Gasteiger partial charge is 0.262 e. The van der Waals surface area contributed by atoms with Crippen LogP contribution in [0.25, 0.3) is 0 Å². The topological polar surface area (TPSA) is 62.1 Å². The number of ether oxygens (including phenoxy) is 1. The molecule has 0 aliphatic heterocycles. The third kappa shape index (κ3) is 3.08. The SMILES string of the molecule is Cc1cccc(OCC(=O)Nc2sc3c(c2C#N)CCC3)c1C. The highest BCUT2D eigenvalue weighted by atomic mass is 32.1. The second kappa shape index (κ2) is 6.43. The molecule has 1 heterocycles. The second-order valence-electron chi connectivity index (χ2n) is 5.71. The van der Waals surface area contributed by atoms with Crippen LogP contribution in [0.4, 0.5) is 5.00 Å². The van der Waals surface area contributed by atoms with Crippen molar-refractivity contribution >= 4 is 22.2 Å². The number of carbonyl (C=O) groups excluding carboxylic acids is 1. The molecule has 0 unspecified atom stereocenters. The van der Waals surface area contributed by atoms with Gasteiger partial charge in [0.15, 0.2) is 6.61 Å². The van der Waals surface area contributed by atoms with E-state index in [-0.39, 0.29) is 12.5 Å². The lowest BCUT2D eigenvalue weighted by Crippen LogP contribution is -2.20. The van der Waals surface area contributed by atoms with E-state index in [4.69, 9.17) is 4.74 Å². The molecule has 118 valence electrons. The summed E-state index contributed by atoms with van der Waals surface area (Å²) in [6.07, 6.45) is 3.03. The molecule has 0 bridgehead atoms. The minimum atomic E-state index is -0.234. The van der Waals surface area contributed by atoms with E-state index in [2.05, 4.69) is 11.4 Å². The lowest BCUT2D eigenvalue weighted by atomic mass is 10.1. The Balaban J connectivity index is 1.67. The molecule has 0 atom stereocenters. The summed E-state index contributed by atoms with van der Waals surface area (Å²) in [5.74, 6) is 0.483. The molecular weight excluding hydrogens is 308 g/mol. The van der Waals surface area contributed by atoms with Crippen molar-refractivity contribution in [3.05, 3.63) is 45.3 Å².